The molecular formula is C21H28ClN3O4. The molecule has 0 unspecified atom stereocenters. The van der Waals surface area contributed by atoms with Gasteiger partial charge in [0.05, 0.1) is 18.1 Å². The van der Waals surface area contributed by atoms with Gasteiger partial charge in [-0.1, -0.05) is 17.7 Å². The predicted molar refractivity (Wildman–Crippen MR) is 110 cm³/mol. The van der Waals surface area contributed by atoms with Gasteiger partial charge < -0.3 is 19.5 Å². The lowest BCUT2D eigenvalue weighted by molar-refractivity contribution is -0.122. The molecule has 4 rings (SSSR count). The third-order valence-corrected chi connectivity index (χ3v) is 6.00. The third kappa shape index (κ3) is 5.50. The minimum Gasteiger partial charge on any atom is -0.488 e. The van der Waals surface area contributed by atoms with Crippen LogP contribution in [-0.2, 0) is 17.9 Å². The van der Waals surface area contributed by atoms with Crippen LogP contribution < -0.4 is 4.74 Å². The zero-order chi connectivity index (χ0) is 20.8. The second-order valence-corrected chi connectivity index (χ2v) is 8.08. The predicted octanol–water partition coefficient (Wildman–Crippen LogP) is 2.91. The number of imidazole rings is 1. The van der Waals surface area contributed by atoms with Gasteiger partial charge in [0, 0.05) is 37.4 Å². The Labute approximate surface area is 175 Å². The van der Waals surface area contributed by atoms with Gasteiger partial charge >= 0.3 is 0 Å². The highest BCUT2D eigenvalue weighted by Gasteiger charge is 2.42. The highest BCUT2D eigenvalue weighted by Crippen LogP contribution is 2.38. The minimum absolute atomic E-state index is 0.157. The first-order valence-electron chi connectivity index (χ1n) is 9.93. The number of benzene rings is 1. The fourth-order valence-corrected chi connectivity index (χ4v) is 4.63. The number of aliphatic hydroxyl groups is 1. The number of ether oxygens (including phenoxy) is 1. The van der Waals surface area contributed by atoms with Crippen LogP contribution in [0.15, 0.2) is 36.8 Å². The van der Waals surface area contributed by atoms with E-state index in [0.29, 0.717) is 16.9 Å². The van der Waals surface area contributed by atoms with E-state index in [4.69, 9.17) is 26.2 Å². The van der Waals surface area contributed by atoms with Gasteiger partial charge in [0.15, 0.2) is 0 Å². The Morgan fingerprint density at radius 2 is 2.03 bits per heavy atom. The molecular weight excluding hydrogens is 394 g/mol. The molecule has 1 saturated carbocycles. The fourth-order valence-electron chi connectivity index (χ4n) is 4.45. The summed E-state index contributed by atoms with van der Waals surface area (Å²) in [5.41, 5.74) is 1.26. The molecule has 158 valence electrons. The molecule has 2 N–H and O–H groups in total. The van der Waals surface area contributed by atoms with Crippen molar-refractivity contribution < 1.29 is 19.7 Å². The number of fused-ring (bicyclic) bond motifs is 1. The molecule has 1 aromatic carbocycles. The van der Waals surface area contributed by atoms with Crippen LogP contribution in [-0.4, -0.2) is 56.4 Å². The number of aryl methyl sites for hydroxylation is 1. The Hall–Kier alpha value is -2.09. The molecule has 8 heteroatoms. The van der Waals surface area contributed by atoms with Crippen LogP contribution in [0, 0.1) is 11.8 Å². The molecule has 4 atom stereocenters. The number of rotatable bonds is 5. The van der Waals surface area contributed by atoms with Gasteiger partial charge in [0.2, 0.25) is 0 Å². The van der Waals surface area contributed by atoms with Crippen molar-refractivity contribution >= 4 is 18.1 Å². The van der Waals surface area contributed by atoms with Crippen LogP contribution >= 0.6 is 11.6 Å². The first kappa shape index (κ1) is 21.6. The Bertz CT molecular complexity index is 800. The molecule has 1 aliphatic heterocycles. The van der Waals surface area contributed by atoms with E-state index in [1.807, 2.05) is 36.8 Å². The van der Waals surface area contributed by atoms with E-state index in [1.54, 1.807) is 0 Å². The molecule has 29 heavy (non-hydrogen) atoms. The Morgan fingerprint density at radius 3 is 2.72 bits per heavy atom. The first-order chi connectivity index (χ1) is 14.0. The van der Waals surface area contributed by atoms with Gasteiger partial charge in [-0.05, 0) is 49.8 Å². The van der Waals surface area contributed by atoms with E-state index in [9.17, 15) is 5.11 Å². The number of likely N-dealkylation sites (tertiary alicyclic amines) is 1. The summed E-state index contributed by atoms with van der Waals surface area (Å²) in [7, 11) is 0. The summed E-state index contributed by atoms with van der Waals surface area (Å²) in [6.07, 6.45) is 4.98. The number of hydrogen-bond acceptors (Lipinski definition) is 5. The van der Waals surface area contributed by atoms with Crippen molar-refractivity contribution in [2.24, 2.45) is 11.8 Å². The summed E-state index contributed by atoms with van der Waals surface area (Å²) in [5.74, 6) is 1.85. The highest BCUT2D eigenvalue weighted by atomic mass is 35.5. The van der Waals surface area contributed by atoms with E-state index in [1.165, 1.54) is 5.69 Å². The standard InChI is InChI=1S/C20H26ClN3O2.CH2O2/c1-2-24-13-22-9-17(24)12-23-10-14-6-19(25)20(7-15(14)11-23)26-18-5-3-4-16(21)8-18;2-1-3/h3-5,8-9,13-15,19-20,25H,2,6-7,10-12H2,1H3;1H,(H,2,3)/t14-,15+,19+,20+;/m0./s1. The van der Waals surface area contributed by atoms with Crippen molar-refractivity contribution in [1.82, 2.24) is 14.5 Å². The smallest absolute Gasteiger partial charge is 0.290 e. The zero-order valence-electron chi connectivity index (χ0n) is 16.5. The highest BCUT2D eigenvalue weighted by molar-refractivity contribution is 6.30. The Morgan fingerprint density at radius 1 is 1.31 bits per heavy atom. The second-order valence-electron chi connectivity index (χ2n) is 7.64. The molecule has 2 aliphatic rings. The van der Waals surface area contributed by atoms with Crippen molar-refractivity contribution in [2.45, 2.75) is 45.1 Å². The molecule has 0 spiro atoms. The van der Waals surface area contributed by atoms with E-state index in [0.717, 1.165) is 44.8 Å². The summed E-state index contributed by atoms with van der Waals surface area (Å²) in [4.78, 5) is 15.1. The maximum Gasteiger partial charge on any atom is 0.290 e. The summed E-state index contributed by atoms with van der Waals surface area (Å²) in [5, 5.41) is 18.1. The van der Waals surface area contributed by atoms with Gasteiger partial charge in [-0.2, -0.15) is 0 Å². The largest absolute Gasteiger partial charge is 0.488 e. The molecule has 2 heterocycles. The van der Waals surface area contributed by atoms with E-state index in [-0.39, 0.29) is 12.6 Å². The number of carbonyl (C=O) groups is 1. The second kappa shape index (κ2) is 10.1. The van der Waals surface area contributed by atoms with Crippen molar-refractivity contribution in [3.05, 3.63) is 47.5 Å². The molecule has 0 amide bonds. The van der Waals surface area contributed by atoms with Crippen molar-refractivity contribution in [3.8, 4) is 5.75 Å². The van der Waals surface area contributed by atoms with Crippen molar-refractivity contribution in [1.29, 1.82) is 0 Å². The average Bonchev–Trinajstić information content (AvgIpc) is 3.29. The van der Waals surface area contributed by atoms with Crippen molar-refractivity contribution in [3.63, 3.8) is 0 Å². The molecule has 0 bridgehead atoms. The topological polar surface area (TPSA) is 87.8 Å². The van der Waals surface area contributed by atoms with Crippen molar-refractivity contribution in [2.75, 3.05) is 13.1 Å². The van der Waals surface area contributed by atoms with Gasteiger partial charge in [-0.25, -0.2) is 4.98 Å². The van der Waals surface area contributed by atoms with Gasteiger partial charge in [-0.3, -0.25) is 9.69 Å². The van der Waals surface area contributed by atoms with Gasteiger partial charge in [0.25, 0.3) is 6.47 Å². The molecule has 1 aliphatic carbocycles. The van der Waals surface area contributed by atoms with E-state index in [2.05, 4.69) is 21.4 Å². The lowest BCUT2D eigenvalue weighted by Crippen LogP contribution is -2.42. The molecule has 1 aromatic heterocycles. The summed E-state index contributed by atoms with van der Waals surface area (Å²) in [6, 6.07) is 7.42. The SMILES string of the molecule is CCn1cncc1CN1C[C@H]2C[C@@H](Oc3cccc(Cl)c3)[C@H](O)C[C@H]2C1.O=CO. The molecule has 0 radical (unpaired) electrons. The normalized spacial score (nSPS) is 26.3. The Balaban J connectivity index is 0.000000755. The molecule has 2 aromatic rings. The van der Waals surface area contributed by atoms with Crippen LogP contribution in [0.5, 0.6) is 5.75 Å². The fraction of sp³-hybridized carbons (Fsp3) is 0.524. The quantitative estimate of drug-likeness (QED) is 0.722. The van der Waals surface area contributed by atoms with E-state index < -0.39 is 6.10 Å². The summed E-state index contributed by atoms with van der Waals surface area (Å²) in [6.45, 7) is 5.87. The molecule has 1 saturated heterocycles. The number of aliphatic hydroxyl groups excluding tert-OH is 1. The van der Waals surface area contributed by atoms with Crippen LogP contribution in [0.2, 0.25) is 5.02 Å². The van der Waals surface area contributed by atoms with Crippen LogP contribution in [0.25, 0.3) is 0 Å². The summed E-state index contributed by atoms with van der Waals surface area (Å²) >= 11 is 6.04. The monoisotopic (exact) mass is 421 g/mol. The maximum atomic E-state index is 10.6. The maximum absolute atomic E-state index is 10.6. The number of halogens is 1. The number of carboxylic acid groups (broad SMARTS) is 1. The van der Waals surface area contributed by atoms with Gasteiger partial charge in [-0.15, -0.1) is 0 Å². The van der Waals surface area contributed by atoms with E-state index >= 15 is 0 Å². The number of nitrogens with zero attached hydrogens (tertiary/aromatic N) is 3. The number of aromatic nitrogens is 2. The van der Waals surface area contributed by atoms with Crippen LogP contribution in [0.3, 0.4) is 0 Å². The number of hydrogen-bond donors (Lipinski definition) is 2. The van der Waals surface area contributed by atoms with Gasteiger partial charge in [0.1, 0.15) is 11.9 Å². The lowest BCUT2D eigenvalue weighted by atomic mass is 9.78. The van der Waals surface area contributed by atoms with Crippen LogP contribution in [0.1, 0.15) is 25.5 Å². The molecule has 7 nitrogen and oxygen atoms in total. The zero-order valence-corrected chi connectivity index (χ0v) is 17.3. The lowest BCUT2D eigenvalue weighted by Gasteiger charge is -2.35. The Kier molecular flexibility index (Phi) is 7.52. The third-order valence-electron chi connectivity index (χ3n) is 5.77. The molecule has 2 fully saturated rings. The minimum atomic E-state index is -0.420. The first-order valence-corrected chi connectivity index (χ1v) is 10.3. The average molecular weight is 422 g/mol. The summed E-state index contributed by atoms with van der Waals surface area (Å²) < 4.78 is 8.26. The van der Waals surface area contributed by atoms with Crippen LogP contribution in [0.4, 0.5) is 0 Å².